The van der Waals surface area contributed by atoms with E-state index in [1.807, 2.05) is 30.5 Å². The van der Waals surface area contributed by atoms with Gasteiger partial charge in [0.15, 0.2) is 0 Å². The van der Waals surface area contributed by atoms with Gasteiger partial charge in [0.05, 0.1) is 11.6 Å². The van der Waals surface area contributed by atoms with Gasteiger partial charge in [0.2, 0.25) is 0 Å². The van der Waals surface area contributed by atoms with Gasteiger partial charge in [0.25, 0.3) is 0 Å². The summed E-state index contributed by atoms with van der Waals surface area (Å²) in [5, 5.41) is 8.94. The molecule has 0 unspecified atom stereocenters. The van der Waals surface area contributed by atoms with E-state index in [9.17, 15) is 0 Å². The van der Waals surface area contributed by atoms with Crippen molar-refractivity contribution in [2.24, 2.45) is 0 Å². The summed E-state index contributed by atoms with van der Waals surface area (Å²) in [4.78, 5) is 13.2. The highest BCUT2D eigenvalue weighted by Gasteiger charge is 2.18. The minimum atomic E-state index is 0.655. The molecule has 2 aromatic heterocycles. The van der Waals surface area contributed by atoms with Crippen molar-refractivity contribution in [3.05, 3.63) is 48.3 Å². The molecule has 3 rings (SSSR count). The van der Waals surface area contributed by atoms with Crippen molar-refractivity contribution in [2.45, 2.75) is 0 Å². The zero-order chi connectivity index (χ0) is 13.8. The fraction of sp³-hybridized carbons (Fsp3) is 0.267. The zero-order valence-corrected chi connectivity index (χ0v) is 11.1. The van der Waals surface area contributed by atoms with Crippen LogP contribution in [-0.2, 0) is 0 Å². The summed E-state index contributed by atoms with van der Waals surface area (Å²) in [5.74, 6) is 1.90. The lowest BCUT2D eigenvalue weighted by molar-refractivity contribution is 0.641. The molecule has 1 aliphatic rings. The van der Waals surface area contributed by atoms with Gasteiger partial charge in [-0.15, -0.1) is 0 Å². The maximum absolute atomic E-state index is 8.94. The first kappa shape index (κ1) is 12.4. The molecule has 1 saturated heterocycles. The van der Waals surface area contributed by atoms with E-state index in [0.717, 1.165) is 37.8 Å². The fourth-order valence-electron chi connectivity index (χ4n) is 2.37. The van der Waals surface area contributed by atoms with Crippen LogP contribution in [0.4, 0.5) is 11.6 Å². The summed E-state index contributed by atoms with van der Waals surface area (Å²) in [6, 6.07) is 11.7. The summed E-state index contributed by atoms with van der Waals surface area (Å²) in [5.41, 5.74) is 0.655. The average molecular weight is 265 g/mol. The van der Waals surface area contributed by atoms with Crippen LogP contribution < -0.4 is 9.80 Å². The van der Waals surface area contributed by atoms with Crippen LogP contribution in [0.2, 0.25) is 0 Å². The molecule has 0 amide bonds. The number of nitrogens with zero attached hydrogens (tertiary/aromatic N) is 5. The van der Waals surface area contributed by atoms with Crippen molar-refractivity contribution >= 4 is 11.6 Å². The van der Waals surface area contributed by atoms with E-state index in [2.05, 4.69) is 25.8 Å². The second-order valence-corrected chi connectivity index (χ2v) is 4.68. The van der Waals surface area contributed by atoms with E-state index in [-0.39, 0.29) is 0 Å². The van der Waals surface area contributed by atoms with Crippen molar-refractivity contribution < 1.29 is 0 Å². The topological polar surface area (TPSA) is 56.1 Å². The Kier molecular flexibility index (Phi) is 3.46. The maximum atomic E-state index is 8.94. The molecule has 0 atom stereocenters. The molecule has 0 aliphatic carbocycles. The first-order valence-corrected chi connectivity index (χ1v) is 6.64. The van der Waals surface area contributed by atoms with Gasteiger partial charge in [0, 0.05) is 38.6 Å². The van der Waals surface area contributed by atoms with Crippen LogP contribution in [0, 0.1) is 11.3 Å². The predicted molar refractivity (Wildman–Crippen MR) is 77.6 cm³/mol. The Labute approximate surface area is 118 Å². The van der Waals surface area contributed by atoms with Crippen LogP contribution in [0.15, 0.2) is 42.7 Å². The molecule has 1 aliphatic heterocycles. The lowest BCUT2D eigenvalue weighted by atomic mass is 10.2. The van der Waals surface area contributed by atoms with Crippen molar-refractivity contribution in [3.63, 3.8) is 0 Å². The van der Waals surface area contributed by atoms with Gasteiger partial charge in [-0.25, -0.2) is 9.97 Å². The molecule has 0 spiro atoms. The number of piperazine rings is 1. The second kappa shape index (κ2) is 5.57. The molecule has 100 valence electrons. The van der Waals surface area contributed by atoms with Crippen molar-refractivity contribution in [1.82, 2.24) is 9.97 Å². The van der Waals surface area contributed by atoms with Gasteiger partial charge in [-0.3, -0.25) is 0 Å². The summed E-state index contributed by atoms with van der Waals surface area (Å²) < 4.78 is 0. The number of hydrogen-bond acceptors (Lipinski definition) is 5. The molecule has 2 aromatic rings. The van der Waals surface area contributed by atoms with Crippen molar-refractivity contribution in [3.8, 4) is 6.07 Å². The van der Waals surface area contributed by atoms with Gasteiger partial charge < -0.3 is 9.80 Å². The van der Waals surface area contributed by atoms with E-state index < -0.39 is 0 Å². The Morgan fingerprint density at radius 1 is 0.900 bits per heavy atom. The third kappa shape index (κ3) is 2.54. The largest absolute Gasteiger partial charge is 0.353 e. The van der Waals surface area contributed by atoms with E-state index in [4.69, 9.17) is 5.26 Å². The Bertz CT molecular complexity index is 612. The van der Waals surface area contributed by atoms with Crippen LogP contribution in [-0.4, -0.2) is 36.1 Å². The highest BCUT2D eigenvalue weighted by Crippen LogP contribution is 2.17. The Morgan fingerprint density at radius 3 is 2.25 bits per heavy atom. The molecule has 0 saturated carbocycles. The monoisotopic (exact) mass is 265 g/mol. The first-order valence-electron chi connectivity index (χ1n) is 6.64. The second-order valence-electron chi connectivity index (χ2n) is 4.68. The number of aromatic nitrogens is 2. The molecule has 0 bridgehead atoms. The molecule has 0 aromatic carbocycles. The highest BCUT2D eigenvalue weighted by molar-refractivity contribution is 5.47. The number of hydrogen-bond donors (Lipinski definition) is 0. The third-order valence-electron chi connectivity index (χ3n) is 3.45. The van der Waals surface area contributed by atoms with Gasteiger partial charge >= 0.3 is 0 Å². The molecule has 1 fully saturated rings. The number of pyridine rings is 2. The normalized spacial score (nSPS) is 14.9. The molecule has 20 heavy (non-hydrogen) atoms. The first-order chi connectivity index (χ1) is 9.86. The lowest BCUT2D eigenvalue weighted by Gasteiger charge is -2.36. The van der Waals surface area contributed by atoms with E-state index in [1.165, 1.54) is 0 Å². The summed E-state index contributed by atoms with van der Waals surface area (Å²) in [6.45, 7) is 3.60. The van der Waals surface area contributed by atoms with Crippen LogP contribution >= 0.6 is 0 Å². The smallest absolute Gasteiger partial charge is 0.129 e. The van der Waals surface area contributed by atoms with Gasteiger partial charge in [-0.05, 0) is 24.3 Å². The molecule has 0 radical (unpaired) electrons. The van der Waals surface area contributed by atoms with Crippen LogP contribution in [0.25, 0.3) is 0 Å². The summed E-state index contributed by atoms with van der Waals surface area (Å²) in [7, 11) is 0. The molecule has 5 nitrogen and oxygen atoms in total. The third-order valence-corrected chi connectivity index (χ3v) is 3.45. The number of rotatable bonds is 2. The minimum Gasteiger partial charge on any atom is -0.353 e. The van der Waals surface area contributed by atoms with Gasteiger partial charge in [0.1, 0.15) is 11.6 Å². The van der Waals surface area contributed by atoms with Gasteiger partial charge in [-0.2, -0.15) is 5.26 Å². The minimum absolute atomic E-state index is 0.655. The molecule has 5 heteroatoms. The fourth-order valence-corrected chi connectivity index (χ4v) is 2.37. The maximum Gasteiger partial charge on any atom is 0.129 e. The van der Waals surface area contributed by atoms with E-state index in [1.54, 1.807) is 12.3 Å². The zero-order valence-electron chi connectivity index (χ0n) is 11.1. The Balaban J connectivity index is 1.68. The predicted octanol–water partition coefficient (Wildman–Crippen LogP) is 1.67. The highest BCUT2D eigenvalue weighted by atomic mass is 15.3. The van der Waals surface area contributed by atoms with Crippen molar-refractivity contribution in [1.29, 1.82) is 5.26 Å². The lowest BCUT2D eigenvalue weighted by Crippen LogP contribution is -2.47. The molecule has 0 N–H and O–H groups in total. The van der Waals surface area contributed by atoms with Crippen LogP contribution in [0.1, 0.15) is 5.56 Å². The standard InChI is InChI=1S/C15H15N5/c16-12-13-4-6-18-15(11-13)20-9-7-19(8-10-20)14-3-1-2-5-17-14/h1-6,11H,7-10H2. The summed E-state index contributed by atoms with van der Waals surface area (Å²) in [6.07, 6.45) is 3.51. The Morgan fingerprint density at radius 2 is 1.60 bits per heavy atom. The average Bonchev–Trinajstić information content (AvgIpc) is 2.56. The number of nitriles is 1. The van der Waals surface area contributed by atoms with Crippen LogP contribution in [0.3, 0.4) is 0 Å². The Hall–Kier alpha value is -2.61. The van der Waals surface area contributed by atoms with Gasteiger partial charge in [-0.1, -0.05) is 6.07 Å². The molecule has 3 heterocycles. The number of anilines is 2. The van der Waals surface area contributed by atoms with Crippen molar-refractivity contribution in [2.75, 3.05) is 36.0 Å². The van der Waals surface area contributed by atoms with E-state index in [0.29, 0.717) is 5.56 Å². The molecular formula is C15H15N5. The quantitative estimate of drug-likeness (QED) is 0.826. The molecular weight excluding hydrogens is 250 g/mol. The summed E-state index contributed by atoms with van der Waals surface area (Å²) >= 11 is 0. The van der Waals surface area contributed by atoms with Crippen LogP contribution in [0.5, 0.6) is 0 Å². The SMILES string of the molecule is N#Cc1ccnc(N2CCN(c3ccccn3)CC2)c1. The van der Waals surface area contributed by atoms with E-state index >= 15 is 0 Å².